The lowest BCUT2D eigenvalue weighted by molar-refractivity contribution is -0.278. The molecule has 0 bridgehead atoms. The Balaban J connectivity index is -0.000000203. The van der Waals surface area contributed by atoms with Gasteiger partial charge in [0.05, 0.1) is 23.7 Å². The van der Waals surface area contributed by atoms with Crippen LogP contribution in [0, 0.1) is 0 Å². The summed E-state index contributed by atoms with van der Waals surface area (Å²) in [6.07, 6.45) is -11.1. The fourth-order valence-electron chi connectivity index (χ4n) is 1.20. The van der Waals surface area contributed by atoms with Gasteiger partial charge < -0.3 is 16.0 Å². The van der Waals surface area contributed by atoms with Crippen LogP contribution in [0.4, 0.5) is 49.6 Å². The van der Waals surface area contributed by atoms with Crippen LogP contribution in [0.15, 0.2) is 30.3 Å². The second kappa shape index (κ2) is 19.9. The van der Waals surface area contributed by atoms with Crippen molar-refractivity contribution in [2.75, 3.05) is 42.7 Å². The summed E-state index contributed by atoms with van der Waals surface area (Å²) in [4.78, 5) is 22.1. The Morgan fingerprint density at radius 3 is 1.41 bits per heavy atom. The van der Waals surface area contributed by atoms with Gasteiger partial charge >= 0.3 is 24.2 Å². The normalized spacial score (nSPS) is 11.1. The third kappa shape index (κ3) is 21.5. The van der Waals surface area contributed by atoms with Crippen molar-refractivity contribution in [3.05, 3.63) is 30.3 Å². The highest BCUT2D eigenvalue weighted by molar-refractivity contribution is 9.19. The lowest BCUT2D eigenvalue weighted by Crippen LogP contribution is -2.47. The largest absolute Gasteiger partial charge is 0.455 e. The zero-order valence-corrected chi connectivity index (χ0v) is 23.2. The van der Waals surface area contributed by atoms with Crippen molar-refractivity contribution < 1.29 is 53.5 Å². The molecule has 18 heteroatoms. The van der Waals surface area contributed by atoms with Gasteiger partial charge in [-0.05, 0) is 28.1 Å². The molecule has 0 aliphatic rings. The van der Waals surface area contributed by atoms with Gasteiger partial charge in [-0.3, -0.25) is 9.59 Å². The number of carbonyl (C=O) groups excluding carboxylic acids is 2. The van der Waals surface area contributed by atoms with Crippen LogP contribution >= 0.6 is 47.8 Å². The molecular formula is C19H26Br3F10N3O2. The van der Waals surface area contributed by atoms with E-state index in [1.54, 1.807) is 0 Å². The monoisotopic (exact) mass is 755 g/mol. The van der Waals surface area contributed by atoms with Gasteiger partial charge in [-0.1, -0.05) is 57.5 Å². The molecule has 1 aromatic rings. The fraction of sp³-hybridized carbons (Fsp3) is 0.579. The van der Waals surface area contributed by atoms with Crippen LogP contribution in [0.5, 0.6) is 0 Å². The van der Waals surface area contributed by atoms with Crippen molar-refractivity contribution in [1.82, 2.24) is 5.32 Å². The van der Waals surface area contributed by atoms with Crippen LogP contribution in [0.25, 0.3) is 0 Å². The highest BCUT2D eigenvalue weighted by atomic mass is 79.9. The van der Waals surface area contributed by atoms with Crippen LogP contribution in [-0.2, 0) is 9.59 Å². The van der Waals surface area contributed by atoms with Crippen LogP contribution in [-0.4, -0.2) is 72.6 Å². The molecule has 0 aliphatic heterocycles. The molecule has 1 amide bonds. The summed E-state index contributed by atoms with van der Waals surface area (Å²) >= 11 is 8.20. The van der Waals surface area contributed by atoms with E-state index in [0.29, 0.717) is 5.33 Å². The van der Waals surface area contributed by atoms with E-state index in [1.807, 2.05) is 32.3 Å². The zero-order chi connectivity index (χ0) is 29.4. The Kier molecular flexibility index (Phi) is 23.0. The number of benzene rings is 1. The summed E-state index contributed by atoms with van der Waals surface area (Å²) in [5.74, 6) is -10.6. The van der Waals surface area contributed by atoms with Crippen LogP contribution < -0.4 is 16.0 Å². The molecule has 0 unspecified atom stereocenters. The van der Waals surface area contributed by atoms with E-state index in [-0.39, 0.29) is 17.4 Å². The number of nitrogens with two attached hydrogens (primary N) is 1. The van der Waals surface area contributed by atoms with E-state index < -0.39 is 43.2 Å². The number of anilines is 1. The van der Waals surface area contributed by atoms with Crippen LogP contribution in [0.1, 0.15) is 7.43 Å². The lowest BCUT2D eigenvalue weighted by atomic mass is 10.3. The van der Waals surface area contributed by atoms with Gasteiger partial charge in [-0.15, -0.1) is 0 Å². The van der Waals surface area contributed by atoms with Crippen molar-refractivity contribution in [2.24, 2.45) is 5.73 Å². The average molecular weight is 758 g/mol. The number of nitrogens with zero attached hydrogens (tertiary/aromatic N) is 1. The van der Waals surface area contributed by atoms with Crippen molar-refractivity contribution in [1.29, 1.82) is 0 Å². The van der Waals surface area contributed by atoms with Gasteiger partial charge in [-0.25, -0.2) is 0 Å². The summed E-state index contributed by atoms with van der Waals surface area (Å²) in [7, 11) is 4.07. The minimum absolute atomic E-state index is 0. The molecule has 3 N–H and O–H groups in total. The molecule has 1 rings (SSSR count). The molecule has 1 aromatic carbocycles. The van der Waals surface area contributed by atoms with Gasteiger partial charge in [0.25, 0.3) is 0 Å². The van der Waals surface area contributed by atoms with Gasteiger partial charge in [0.15, 0.2) is 0 Å². The molecule has 0 atom stereocenters. The lowest BCUT2D eigenvalue weighted by Gasteiger charge is -2.19. The zero-order valence-electron chi connectivity index (χ0n) is 18.5. The minimum atomic E-state index is -5.63. The van der Waals surface area contributed by atoms with Crippen molar-refractivity contribution in [3.8, 4) is 0 Å². The Bertz CT molecular complexity index is 751. The maximum atomic E-state index is 12.1. The van der Waals surface area contributed by atoms with Crippen LogP contribution in [0.3, 0.4) is 0 Å². The number of alkyl halides is 12. The first-order chi connectivity index (χ1) is 16.1. The molecule has 220 valence electrons. The molecule has 0 radical (unpaired) electrons. The van der Waals surface area contributed by atoms with Crippen molar-refractivity contribution >= 4 is 64.1 Å². The topological polar surface area (TPSA) is 75.4 Å². The predicted octanol–water partition coefficient (Wildman–Crippen LogP) is 6.53. The predicted molar refractivity (Wildman–Crippen MR) is 133 cm³/mol. The van der Waals surface area contributed by atoms with E-state index in [2.05, 4.69) is 70.6 Å². The first-order valence-corrected chi connectivity index (χ1v) is 12.0. The maximum Gasteiger partial charge on any atom is 0.455 e. The molecule has 0 saturated heterocycles. The fourth-order valence-corrected chi connectivity index (χ4v) is 1.40. The number of amides is 1. The summed E-state index contributed by atoms with van der Waals surface area (Å²) in [5.41, 5.74) is 5.37. The molecule has 0 saturated carbocycles. The van der Waals surface area contributed by atoms with Gasteiger partial charge in [0.1, 0.15) is 0 Å². The molecular weight excluding hydrogens is 732 g/mol. The van der Waals surface area contributed by atoms with E-state index in [9.17, 15) is 53.5 Å². The second-order valence-corrected chi connectivity index (χ2v) is 8.24. The van der Waals surface area contributed by atoms with Gasteiger partial charge in [0.2, 0.25) is 10.6 Å². The number of hydrogen-bond donors (Lipinski definition) is 2. The Morgan fingerprint density at radius 1 is 0.838 bits per heavy atom. The van der Waals surface area contributed by atoms with Crippen molar-refractivity contribution in [3.63, 3.8) is 0 Å². The number of rotatable bonds is 6. The third-order valence-corrected chi connectivity index (χ3v) is 5.14. The maximum absolute atomic E-state index is 12.1. The Morgan fingerprint density at radius 2 is 1.22 bits per heavy atom. The quantitative estimate of drug-likeness (QED) is 0.197. The molecule has 0 heterocycles. The van der Waals surface area contributed by atoms with Crippen LogP contribution in [0.2, 0.25) is 0 Å². The number of para-hydroxylation sites is 1. The third-order valence-electron chi connectivity index (χ3n) is 3.09. The molecule has 0 aliphatic carbocycles. The SMILES string of the molecule is C.CN(C)c1ccccc1.NCC(F)(F)C(F)(F)F.O=C(Br)CBr.O=C(CBr)NCC(F)(F)C(F)(F)F. The smallest absolute Gasteiger partial charge is 0.378 e. The average Bonchev–Trinajstić information content (AvgIpc) is 2.77. The van der Waals surface area contributed by atoms with E-state index in [0.717, 1.165) is 0 Å². The highest BCUT2D eigenvalue weighted by Crippen LogP contribution is 2.35. The number of carbonyl (C=O) groups is 2. The van der Waals surface area contributed by atoms with Crippen molar-refractivity contribution in [2.45, 2.75) is 31.6 Å². The van der Waals surface area contributed by atoms with E-state index in [4.69, 9.17) is 0 Å². The highest BCUT2D eigenvalue weighted by Gasteiger charge is 2.57. The number of halogens is 13. The Hall–Kier alpha value is -1.14. The summed E-state index contributed by atoms with van der Waals surface area (Å²) in [5, 5.41) is 1.50. The molecule has 37 heavy (non-hydrogen) atoms. The molecule has 5 nitrogen and oxygen atoms in total. The molecule has 0 aromatic heterocycles. The second-order valence-electron chi connectivity index (χ2n) is 6.24. The first kappa shape index (κ1) is 42.9. The van der Waals surface area contributed by atoms with E-state index >= 15 is 0 Å². The summed E-state index contributed by atoms with van der Waals surface area (Å²) < 4.78 is 114. The molecule has 0 spiro atoms. The molecule has 0 fully saturated rings. The number of nitrogens with one attached hydrogen (secondary N) is 1. The van der Waals surface area contributed by atoms with Gasteiger partial charge in [0, 0.05) is 19.8 Å². The minimum Gasteiger partial charge on any atom is -0.378 e. The van der Waals surface area contributed by atoms with Gasteiger partial charge in [-0.2, -0.15) is 43.9 Å². The number of hydrogen-bond acceptors (Lipinski definition) is 4. The summed E-state index contributed by atoms with van der Waals surface area (Å²) in [6, 6.07) is 10.3. The standard InChI is InChI=1S/C8H11N.C5H5BrF5NO.C3H4F5N.C2H2Br2O.CH4/c1-9(2)8-6-4-3-5-7-8;6-1-3(13)12-2-4(7,8)5(9,10)11;4-2(5,1-9)3(6,7)8;3-1-2(4)5;/h3-7H,1-2H3;1-2H2,(H,12,13);1,9H2;1H2;1H4. The first-order valence-electron chi connectivity index (χ1n) is 8.98. The summed E-state index contributed by atoms with van der Waals surface area (Å²) in [6.45, 7) is -3.43. The van der Waals surface area contributed by atoms with E-state index in [1.165, 1.54) is 11.0 Å². The Labute approximate surface area is 232 Å².